The number of benzene rings is 1. The van der Waals surface area contributed by atoms with E-state index in [0.29, 0.717) is 10.6 Å². The Balaban J connectivity index is 2.10. The van der Waals surface area contributed by atoms with Crippen molar-refractivity contribution in [1.29, 1.82) is 0 Å². The molecular weight excluding hydrogens is 300 g/mol. The minimum Gasteiger partial charge on any atom is -0.353 e. The highest BCUT2D eigenvalue weighted by molar-refractivity contribution is 7.88. The number of amides is 1. The summed E-state index contributed by atoms with van der Waals surface area (Å²) in [6.45, 7) is 0. The van der Waals surface area contributed by atoms with Gasteiger partial charge in [0.2, 0.25) is 15.9 Å². The van der Waals surface area contributed by atoms with E-state index in [1.165, 1.54) is 0 Å². The fraction of sp³-hybridized carbons (Fsp3) is 0.462. The summed E-state index contributed by atoms with van der Waals surface area (Å²) in [5, 5.41) is 3.42. The number of rotatable bonds is 6. The lowest BCUT2D eigenvalue weighted by Gasteiger charge is -2.17. The second kappa shape index (κ2) is 6.11. The quantitative estimate of drug-likeness (QED) is 0.837. The van der Waals surface area contributed by atoms with Crippen LogP contribution in [0.15, 0.2) is 24.3 Å². The number of sulfonamides is 1. The van der Waals surface area contributed by atoms with Crippen molar-refractivity contribution in [1.82, 2.24) is 10.0 Å². The van der Waals surface area contributed by atoms with E-state index in [9.17, 15) is 13.2 Å². The first-order valence-electron chi connectivity index (χ1n) is 6.35. The lowest BCUT2D eigenvalue weighted by Crippen LogP contribution is -2.34. The van der Waals surface area contributed by atoms with Crippen LogP contribution in [0.25, 0.3) is 0 Å². The summed E-state index contributed by atoms with van der Waals surface area (Å²) in [6, 6.07) is 6.46. The second-order valence-corrected chi connectivity index (χ2v) is 7.26. The molecule has 1 atom stereocenters. The zero-order chi connectivity index (χ0) is 14.8. The van der Waals surface area contributed by atoms with Crippen molar-refractivity contribution in [3.05, 3.63) is 34.9 Å². The first-order chi connectivity index (χ1) is 9.33. The average molecular weight is 317 g/mol. The molecule has 1 amide bonds. The van der Waals surface area contributed by atoms with Gasteiger partial charge < -0.3 is 5.32 Å². The maximum atomic E-state index is 11.9. The van der Waals surface area contributed by atoms with E-state index in [0.717, 1.165) is 19.1 Å². The monoisotopic (exact) mass is 316 g/mol. The fourth-order valence-corrected chi connectivity index (χ4v) is 2.74. The van der Waals surface area contributed by atoms with E-state index in [1.807, 2.05) is 0 Å². The van der Waals surface area contributed by atoms with E-state index >= 15 is 0 Å². The van der Waals surface area contributed by atoms with Crippen LogP contribution in [0.5, 0.6) is 0 Å². The van der Waals surface area contributed by atoms with Gasteiger partial charge in [0.15, 0.2) is 0 Å². The van der Waals surface area contributed by atoms with E-state index in [2.05, 4.69) is 10.0 Å². The summed E-state index contributed by atoms with van der Waals surface area (Å²) in [6.07, 6.45) is 3.15. The van der Waals surface area contributed by atoms with Crippen molar-refractivity contribution in [3.8, 4) is 0 Å². The molecule has 0 aromatic heterocycles. The van der Waals surface area contributed by atoms with E-state index in [-0.39, 0.29) is 18.4 Å². The zero-order valence-corrected chi connectivity index (χ0v) is 12.7. The van der Waals surface area contributed by atoms with Gasteiger partial charge in [-0.2, -0.15) is 0 Å². The first kappa shape index (κ1) is 15.3. The fourth-order valence-electron chi connectivity index (χ4n) is 1.88. The van der Waals surface area contributed by atoms with Crippen LogP contribution in [0.3, 0.4) is 0 Å². The number of hydrogen-bond acceptors (Lipinski definition) is 3. The number of nitrogens with one attached hydrogen (secondary N) is 2. The summed E-state index contributed by atoms with van der Waals surface area (Å²) >= 11 is 5.81. The normalized spacial score (nSPS) is 16.7. The molecule has 1 aliphatic rings. The molecule has 2 rings (SSSR count). The summed E-state index contributed by atoms with van der Waals surface area (Å²) in [4.78, 5) is 11.9. The molecule has 0 heterocycles. The van der Waals surface area contributed by atoms with Crippen molar-refractivity contribution in [2.24, 2.45) is 0 Å². The smallest absolute Gasteiger partial charge is 0.222 e. The number of carbonyl (C=O) groups is 1. The van der Waals surface area contributed by atoms with E-state index in [4.69, 9.17) is 11.6 Å². The molecule has 0 unspecified atom stereocenters. The van der Waals surface area contributed by atoms with Crippen molar-refractivity contribution in [2.75, 3.05) is 6.26 Å². The third-order valence-corrected chi connectivity index (χ3v) is 3.93. The molecule has 7 heteroatoms. The number of carbonyl (C=O) groups excluding carboxylic acids is 1. The Kier molecular flexibility index (Phi) is 4.67. The van der Waals surface area contributed by atoms with Gasteiger partial charge in [0.25, 0.3) is 0 Å². The van der Waals surface area contributed by atoms with Crippen LogP contribution in [-0.4, -0.2) is 26.6 Å². The number of halogens is 1. The first-order valence-corrected chi connectivity index (χ1v) is 8.62. The van der Waals surface area contributed by atoms with Gasteiger partial charge in [-0.3, -0.25) is 4.79 Å². The second-order valence-electron chi connectivity index (χ2n) is 5.04. The Bertz CT molecular complexity index is 582. The molecule has 0 radical (unpaired) electrons. The standard InChI is InChI=1S/C13H17ClN2O3S/c1-20(18,19)16-12(8-13(17)15-11-6-7-11)9-2-4-10(14)5-3-9/h2-5,11-12,16H,6-8H2,1H3,(H,15,17)/t12-/m1/s1. The molecule has 20 heavy (non-hydrogen) atoms. The van der Waals surface area contributed by atoms with Crippen LogP contribution in [0, 0.1) is 0 Å². The SMILES string of the molecule is CS(=O)(=O)N[C@H](CC(=O)NC1CC1)c1ccc(Cl)cc1. The van der Waals surface area contributed by atoms with Crippen LogP contribution < -0.4 is 10.0 Å². The van der Waals surface area contributed by atoms with Crippen molar-refractivity contribution >= 4 is 27.5 Å². The molecule has 1 fully saturated rings. The average Bonchev–Trinajstić information content (AvgIpc) is 3.11. The van der Waals surface area contributed by atoms with Gasteiger partial charge >= 0.3 is 0 Å². The Hall–Kier alpha value is -1.11. The predicted molar refractivity (Wildman–Crippen MR) is 78.0 cm³/mol. The third-order valence-electron chi connectivity index (χ3n) is 2.96. The summed E-state index contributed by atoms with van der Waals surface area (Å²) in [5.41, 5.74) is 0.714. The van der Waals surface area contributed by atoms with Crippen LogP contribution in [0.1, 0.15) is 30.9 Å². The molecule has 0 aliphatic heterocycles. The summed E-state index contributed by atoms with van der Waals surface area (Å²) < 4.78 is 25.3. The molecule has 0 spiro atoms. The Morgan fingerprint density at radius 1 is 1.35 bits per heavy atom. The summed E-state index contributed by atoms with van der Waals surface area (Å²) in [5.74, 6) is -0.149. The molecule has 1 aliphatic carbocycles. The van der Waals surface area contributed by atoms with Gasteiger partial charge in [-0.05, 0) is 30.5 Å². The van der Waals surface area contributed by atoms with Gasteiger partial charge in [0, 0.05) is 17.5 Å². The Labute approximate surface area is 123 Å². The topological polar surface area (TPSA) is 75.3 Å². The number of hydrogen-bond donors (Lipinski definition) is 2. The van der Waals surface area contributed by atoms with Gasteiger partial charge in [-0.25, -0.2) is 13.1 Å². The maximum Gasteiger partial charge on any atom is 0.222 e. The maximum absolute atomic E-state index is 11.9. The largest absolute Gasteiger partial charge is 0.353 e. The molecule has 110 valence electrons. The van der Waals surface area contributed by atoms with Crippen LogP contribution in [0.2, 0.25) is 5.02 Å². The van der Waals surface area contributed by atoms with Crippen LogP contribution in [0.4, 0.5) is 0 Å². The lowest BCUT2D eigenvalue weighted by molar-refractivity contribution is -0.121. The Morgan fingerprint density at radius 2 is 1.95 bits per heavy atom. The molecule has 5 nitrogen and oxygen atoms in total. The predicted octanol–water partition coefficient (Wildman–Crippen LogP) is 1.60. The summed E-state index contributed by atoms with van der Waals surface area (Å²) in [7, 11) is -3.40. The van der Waals surface area contributed by atoms with Gasteiger partial charge in [0.1, 0.15) is 0 Å². The van der Waals surface area contributed by atoms with Gasteiger partial charge in [0.05, 0.1) is 12.3 Å². The minimum atomic E-state index is -3.40. The molecule has 2 N–H and O–H groups in total. The lowest BCUT2D eigenvalue weighted by atomic mass is 10.0. The van der Waals surface area contributed by atoms with E-state index in [1.54, 1.807) is 24.3 Å². The third kappa shape index (κ3) is 5.11. The minimum absolute atomic E-state index is 0.0746. The van der Waals surface area contributed by atoms with Crippen LogP contribution >= 0.6 is 11.6 Å². The molecular formula is C13H17ClN2O3S. The molecule has 1 saturated carbocycles. The molecule has 1 aromatic rings. The Morgan fingerprint density at radius 3 is 2.45 bits per heavy atom. The molecule has 1 aromatic carbocycles. The highest BCUT2D eigenvalue weighted by Gasteiger charge is 2.26. The zero-order valence-electron chi connectivity index (χ0n) is 11.1. The van der Waals surface area contributed by atoms with Gasteiger partial charge in [-0.1, -0.05) is 23.7 Å². The van der Waals surface area contributed by atoms with Crippen molar-refractivity contribution in [3.63, 3.8) is 0 Å². The molecule has 0 saturated heterocycles. The van der Waals surface area contributed by atoms with Crippen molar-refractivity contribution in [2.45, 2.75) is 31.3 Å². The highest BCUT2D eigenvalue weighted by Crippen LogP contribution is 2.22. The van der Waals surface area contributed by atoms with Crippen molar-refractivity contribution < 1.29 is 13.2 Å². The van der Waals surface area contributed by atoms with E-state index < -0.39 is 16.1 Å². The van der Waals surface area contributed by atoms with Gasteiger partial charge in [-0.15, -0.1) is 0 Å². The highest BCUT2D eigenvalue weighted by atomic mass is 35.5. The van der Waals surface area contributed by atoms with Crippen LogP contribution in [-0.2, 0) is 14.8 Å². The molecule has 0 bridgehead atoms.